The highest BCUT2D eigenvalue weighted by molar-refractivity contribution is 6.32. The van der Waals surface area contributed by atoms with Crippen molar-refractivity contribution in [3.05, 3.63) is 58.4 Å². The number of H-pyrrole nitrogens is 1. The molecule has 2 aromatic carbocycles. The number of phenolic OH excluding ortho intramolecular Hbond substituents is 2. The highest BCUT2D eigenvalue weighted by Crippen LogP contribution is 2.44. The molecule has 1 aromatic heterocycles. The summed E-state index contributed by atoms with van der Waals surface area (Å²) < 4.78 is 0. The maximum atomic E-state index is 13.3. The second kappa shape index (κ2) is 7.18. The van der Waals surface area contributed by atoms with Crippen molar-refractivity contribution >= 4 is 34.7 Å². The van der Waals surface area contributed by atoms with Crippen molar-refractivity contribution < 1.29 is 19.8 Å². The quantitative estimate of drug-likeness (QED) is 0.329. The first-order valence-corrected chi connectivity index (χ1v) is 9.28. The first-order valence-electron chi connectivity index (χ1n) is 9.28. The van der Waals surface area contributed by atoms with E-state index in [0.29, 0.717) is 28.9 Å². The molecule has 1 aliphatic heterocycles. The largest absolute Gasteiger partial charge is 0.506 e. The van der Waals surface area contributed by atoms with Crippen molar-refractivity contribution in [1.29, 1.82) is 0 Å². The lowest BCUT2D eigenvalue weighted by molar-refractivity contribution is 0.0972. The van der Waals surface area contributed by atoms with Gasteiger partial charge in [0.25, 0.3) is 0 Å². The van der Waals surface area contributed by atoms with Crippen LogP contribution in [0.15, 0.2) is 30.5 Å². The molecule has 0 unspecified atom stereocenters. The van der Waals surface area contributed by atoms with E-state index in [1.54, 1.807) is 30.5 Å². The molecule has 2 aliphatic rings. The third-order valence-corrected chi connectivity index (χ3v) is 5.67. The van der Waals surface area contributed by atoms with E-state index in [-0.39, 0.29) is 46.3 Å². The number of hydrogen-bond acceptors (Lipinski definition) is 6. The lowest BCUT2D eigenvalue weighted by Gasteiger charge is -2.20. The van der Waals surface area contributed by atoms with Crippen LogP contribution < -0.4 is 10.6 Å². The van der Waals surface area contributed by atoms with Crippen molar-refractivity contribution in [1.82, 2.24) is 15.6 Å². The summed E-state index contributed by atoms with van der Waals surface area (Å²) >= 11 is 0. The molecule has 0 bridgehead atoms. The maximum Gasteiger partial charge on any atom is 0.214 e. The second-order valence-electron chi connectivity index (χ2n) is 7.29. The molecule has 5 rings (SSSR count). The number of fused-ring (bicyclic) bond motifs is 3. The monoisotopic (exact) mass is 413 g/mol. The molecule has 5 N–H and O–H groups in total. The fourth-order valence-electron chi connectivity index (χ4n) is 4.22. The zero-order valence-corrected chi connectivity index (χ0v) is 16.2. The number of aromatic nitrogens is 1. The van der Waals surface area contributed by atoms with Crippen LogP contribution in [-0.2, 0) is 6.54 Å². The molecule has 0 saturated carbocycles. The first-order chi connectivity index (χ1) is 13.6. The van der Waals surface area contributed by atoms with Crippen LogP contribution in [0.5, 0.6) is 11.5 Å². The van der Waals surface area contributed by atoms with Crippen LogP contribution in [0.1, 0.15) is 44.0 Å². The van der Waals surface area contributed by atoms with Gasteiger partial charge in [0, 0.05) is 36.1 Å². The summed E-state index contributed by atoms with van der Waals surface area (Å²) in [7, 11) is 0. The first kappa shape index (κ1) is 19.4. The molecule has 29 heavy (non-hydrogen) atoms. The molecule has 7 nitrogen and oxygen atoms in total. The number of halogens is 1. The van der Waals surface area contributed by atoms with Crippen molar-refractivity contribution in [2.24, 2.45) is 0 Å². The topological polar surface area (TPSA) is 114 Å². The third-order valence-electron chi connectivity index (χ3n) is 5.67. The summed E-state index contributed by atoms with van der Waals surface area (Å²) in [5.74, 6) is -1.49. The van der Waals surface area contributed by atoms with Gasteiger partial charge >= 0.3 is 0 Å². The van der Waals surface area contributed by atoms with Gasteiger partial charge in [0.2, 0.25) is 5.78 Å². The second-order valence-corrected chi connectivity index (χ2v) is 7.29. The number of phenols is 2. The highest BCUT2D eigenvalue weighted by Gasteiger charge is 2.38. The van der Waals surface area contributed by atoms with Gasteiger partial charge in [-0.05, 0) is 18.5 Å². The van der Waals surface area contributed by atoms with E-state index < -0.39 is 11.6 Å². The molecule has 3 aromatic rings. The fraction of sp³-hybridized carbons (Fsp3) is 0.238. The Morgan fingerprint density at radius 1 is 1.00 bits per heavy atom. The molecular weight excluding hydrogens is 394 g/mol. The summed E-state index contributed by atoms with van der Waals surface area (Å²) in [5, 5.41) is 28.8. The molecule has 1 atom stereocenters. The Kier molecular flexibility index (Phi) is 4.82. The van der Waals surface area contributed by atoms with Crippen LogP contribution in [0, 0.1) is 0 Å². The van der Waals surface area contributed by atoms with Gasteiger partial charge < -0.3 is 25.8 Å². The number of aromatic amines is 1. The van der Waals surface area contributed by atoms with E-state index in [0.717, 1.165) is 19.5 Å². The van der Waals surface area contributed by atoms with Crippen LogP contribution in [0.25, 0.3) is 10.8 Å². The van der Waals surface area contributed by atoms with Gasteiger partial charge in [-0.1, -0.05) is 24.3 Å². The predicted octanol–water partition coefficient (Wildman–Crippen LogP) is 2.23. The third kappa shape index (κ3) is 2.81. The number of benzene rings is 2. The summed E-state index contributed by atoms with van der Waals surface area (Å²) in [6, 6.07) is 6.94. The summed E-state index contributed by atoms with van der Waals surface area (Å²) in [5.41, 5.74) is 0.829. The lowest BCUT2D eigenvalue weighted by atomic mass is 9.83. The summed E-state index contributed by atoms with van der Waals surface area (Å²) in [6.07, 6.45) is 2.65. The molecule has 0 radical (unpaired) electrons. The number of carbonyl (C=O) groups excluding carboxylic acids is 2. The molecule has 1 fully saturated rings. The number of ketones is 2. The van der Waals surface area contributed by atoms with E-state index >= 15 is 0 Å². The van der Waals surface area contributed by atoms with Gasteiger partial charge in [0.15, 0.2) is 5.78 Å². The van der Waals surface area contributed by atoms with Gasteiger partial charge in [-0.15, -0.1) is 12.4 Å². The molecule has 8 heteroatoms. The molecule has 1 aliphatic carbocycles. The Bertz CT molecular complexity index is 1150. The molecule has 0 amide bonds. The number of aromatic hydroxyl groups is 2. The van der Waals surface area contributed by atoms with Gasteiger partial charge in [-0.2, -0.15) is 0 Å². The van der Waals surface area contributed by atoms with Crippen molar-refractivity contribution in [3.8, 4) is 11.5 Å². The van der Waals surface area contributed by atoms with Crippen LogP contribution in [0.2, 0.25) is 0 Å². The van der Waals surface area contributed by atoms with E-state index in [1.165, 1.54) is 0 Å². The number of rotatable bonds is 3. The molecule has 1 saturated heterocycles. The zero-order chi connectivity index (χ0) is 19.4. The van der Waals surface area contributed by atoms with Crippen LogP contribution in [0.3, 0.4) is 0 Å². The summed E-state index contributed by atoms with van der Waals surface area (Å²) in [4.78, 5) is 29.2. The number of nitrogens with one attached hydrogen (secondary N) is 3. The normalized spacial score (nSPS) is 17.9. The highest BCUT2D eigenvalue weighted by atomic mass is 35.5. The zero-order valence-electron chi connectivity index (χ0n) is 15.4. The smallest absolute Gasteiger partial charge is 0.214 e. The van der Waals surface area contributed by atoms with Gasteiger partial charge in [0.05, 0.1) is 22.4 Å². The Morgan fingerprint density at radius 2 is 1.66 bits per heavy atom. The van der Waals surface area contributed by atoms with Crippen LogP contribution >= 0.6 is 12.4 Å². The van der Waals surface area contributed by atoms with Crippen molar-refractivity contribution in [3.63, 3.8) is 0 Å². The Hall–Kier alpha value is -2.87. The summed E-state index contributed by atoms with van der Waals surface area (Å²) in [6.45, 7) is 2.25. The fourth-order valence-corrected chi connectivity index (χ4v) is 4.22. The molecule has 0 spiro atoms. The van der Waals surface area contributed by atoms with Crippen molar-refractivity contribution in [2.45, 2.75) is 19.0 Å². The van der Waals surface area contributed by atoms with Crippen molar-refractivity contribution in [2.75, 3.05) is 13.1 Å². The van der Waals surface area contributed by atoms with Gasteiger partial charge in [-0.3, -0.25) is 9.59 Å². The minimum atomic E-state index is -0.489. The van der Waals surface area contributed by atoms with E-state index in [1.807, 2.05) is 0 Å². The molecular formula is C21H20ClN3O4. The van der Waals surface area contributed by atoms with E-state index in [2.05, 4.69) is 15.6 Å². The van der Waals surface area contributed by atoms with Gasteiger partial charge in [0.1, 0.15) is 11.5 Å². The van der Waals surface area contributed by atoms with E-state index in [9.17, 15) is 19.8 Å². The lowest BCUT2D eigenvalue weighted by Crippen LogP contribution is -2.31. The Morgan fingerprint density at radius 3 is 2.28 bits per heavy atom. The van der Waals surface area contributed by atoms with Gasteiger partial charge in [-0.25, -0.2) is 0 Å². The SMILES string of the molecule is Cl.O=C1c2[nH]cc(CN[C@@H]3CCNC3)c2C(=O)c2c1c(O)c1ccccc1c2O. The predicted molar refractivity (Wildman–Crippen MR) is 110 cm³/mol. The average Bonchev–Trinajstić information content (AvgIpc) is 3.37. The molecule has 2 heterocycles. The molecule has 150 valence electrons. The minimum absolute atomic E-state index is 0. The Balaban J connectivity index is 0.00000205. The van der Waals surface area contributed by atoms with E-state index in [4.69, 9.17) is 0 Å². The standard InChI is InChI=1S/C21H19N3O4.ClH/c25-18-12-3-1-2-4-13(12)19(26)16-15(18)20(27)14-10(8-24-17(14)21(16)28)7-23-11-5-6-22-9-11;/h1-4,8,11,22-26H,5-7,9H2;1H/t11-;/m1./s1. The number of hydrogen-bond donors (Lipinski definition) is 5. The maximum absolute atomic E-state index is 13.3. The average molecular weight is 414 g/mol. The van der Waals surface area contributed by atoms with Crippen LogP contribution in [-0.4, -0.2) is 45.9 Å². The Labute approximate surface area is 172 Å². The van der Waals surface area contributed by atoms with Crippen LogP contribution in [0.4, 0.5) is 0 Å². The minimum Gasteiger partial charge on any atom is -0.506 e. The number of carbonyl (C=O) groups is 2.